The molecule has 0 atom stereocenters. The number of methoxy groups -OCH3 is 2. The smallest absolute Gasteiger partial charge is 0.161 e. The number of allylic oxidation sites excluding steroid dienone is 1. The quantitative estimate of drug-likeness (QED) is 0.729. The van der Waals surface area contributed by atoms with Gasteiger partial charge in [-0.05, 0) is 30.5 Å². The van der Waals surface area contributed by atoms with Crippen LogP contribution in [-0.2, 0) is 0 Å². The Morgan fingerprint density at radius 1 is 1.06 bits per heavy atom. The van der Waals surface area contributed by atoms with E-state index in [4.69, 9.17) is 9.47 Å². The van der Waals surface area contributed by atoms with E-state index in [9.17, 15) is 4.79 Å². The SMILES string of the molecule is COc1cc(C=O)c(C=C2CC2)cc1OC. The Morgan fingerprint density at radius 3 is 2.06 bits per heavy atom. The topological polar surface area (TPSA) is 35.5 Å². The van der Waals surface area contributed by atoms with E-state index in [1.54, 1.807) is 20.3 Å². The molecule has 84 valence electrons. The fourth-order valence-electron chi connectivity index (χ4n) is 1.57. The van der Waals surface area contributed by atoms with Gasteiger partial charge in [-0.25, -0.2) is 0 Å². The van der Waals surface area contributed by atoms with Gasteiger partial charge in [0.15, 0.2) is 17.8 Å². The van der Waals surface area contributed by atoms with Crippen LogP contribution in [0.4, 0.5) is 0 Å². The number of aldehydes is 1. The van der Waals surface area contributed by atoms with Crippen molar-refractivity contribution in [3.05, 3.63) is 28.8 Å². The van der Waals surface area contributed by atoms with E-state index in [-0.39, 0.29) is 0 Å². The van der Waals surface area contributed by atoms with Gasteiger partial charge in [0.05, 0.1) is 14.2 Å². The summed E-state index contributed by atoms with van der Waals surface area (Å²) in [7, 11) is 3.15. The Bertz CT molecular complexity index is 441. The molecule has 1 aliphatic carbocycles. The van der Waals surface area contributed by atoms with Crippen molar-refractivity contribution in [1.82, 2.24) is 0 Å². The molecule has 0 aromatic heterocycles. The van der Waals surface area contributed by atoms with Crippen molar-refractivity contribution in [2.75, 3.05) is 14.2 Å². The van der Waals surface area contributed by atoms with Gasteiger partial charge in [-0.3, -0.25) is 4.79 Å². The lowest BCUT2D eigenvalue weighted by atomic mass is 10.1. The summed E-state index contributed by atoms with van der Waals surface area (Å²) in [6.07, 6.45) is 5.15. The van der Waals surface area contributed by atoms with Gasteiger partial charge in [0.2, 0.25) is 0 Å². The summed E-state index contributed by atoms with van der Waals surface area (Å²) < 4.78 is 10.4. The molecule has 1 fully saturated rings. The maximum Gasteiger partial charge on any atom is 0.161 e. The predicted molar refractivity (Wildman–Crippen MR) is 62.1 cm³/mol. The average Bonchev–Trinajstić information content (AvgIpc) is 3.12. The van der Waals surface area contributed by atoms with Crippen molar-refractivity contribution in [3.8, 4) is 11.5 Å². The minimum atomic E-state index is 0.586. The van der Waals surface area contributed by atoms with Crippen LogP contribution in [0.25, 0.3) is 6.08 Å². The first kappa shape index (κ1) is 10.7. The van der Waals surface area contributed by atoms with Gasteiger partial charge < -0.3 is 9.47 Å². The molecular weight excluding hydrogens is 204 g/mol. The molecule has 0 spiro atoms. The van der Waals surface area contributed by atoms with E-state index in [0.717, 1.165) is 24.7 Å². The molecule has 0 unspecified atom stereocenters. The summed E-state index contributed by atoms with van der Waals surface area (Å²) in [6, 6.07) is 3.55. The van der Waals surface area contributed by atoms with Crippen LogP contribution in [0.3, 0.4) is 0 Å². The largest absolute Gasteiger partial charge is 0.493 e. The molecule has 0 radical (unpaired) electrons. The summed E-state index contributed by atoms with van der Waals surface area (Å²) >= 11 is 0. The molecule has 0 N–H and O–H groups in total. The third-order valence-corrected chi connectivity index (χ3v) is 2.61. The number of hydrogen-bond acceptors (Lipinski definition) is 3. The molecule has 2 rings (SSSR count). The highest BCUT2D eigenvalue weighted by molar-refractivity contribution is 5.84. The Balaban J connectivity index is 2.49. The molecule has 0 saturated heterocycles. The second-order valence-electron chi connectivity index (χ2n) is 3.76. The van der Waals surface area contributed by atoms with Crippen molar-refractivity contribution in [2.45, 2.75) is 12.8 Å². The van der Waals surface area contributed by atoms with Crippen LogP contribution in [-0.4, -0.2) is 20.5 Å². The number of carbonyl (C=O) groups is 1. The van der Waals surface area contributed by atoms with Crippen molar-refractivity contribution < 1.29 is 14.3 Å². The standard InChI is InChI=1S/C13H14O3/c1-15-12-6-10(5-9-3-4-9)11(8-14)7-13(12)16-2/h5-8H,3-4H2,1-2H3. The van der Waals surface area contributed by atoms with Crippen molar-refractivity contribution in [3.63, 3.8) is 0 Å². The number of carbonyl (C=O) groups excluding carboxylic acids is 1. The summed E-state index contributed by atoms with van der Waals surface area (Å²) in [5, 5.41) is 0. The minimum Gasteiger partial charge on any atom is -0.493 e. The van der Waals surface area contributed by atoms with Gasteiger partial charge >= 0.3 is 0 Å². The predicted octanol–water partition coefficient (Wildman–Crippen LogP) is 2.69. The zero-order valence-corrected chi connectivity index (χ0v) is 9.45. The van der Waals surface area contributed by atoms with E-state index < -0.39 is 0 Å². The third-order valence-electron chi connectivity index (χ3n) is 2.61. The maximum absolute atomic E-state index is 11.0. The van der Waals surface area contributed by atoms with Gasteiger partial charge in [-0.1, -0.05) is 11.6 Å². The van der Waals surface area contributed by atoms with E-state index in [2.05, 4.69) is 0 Å². The molecule has 1 aromatic carbocycles. The van der Waals surface area contributed by atoms with E-state index in [1.807, 2.05) is 12.1 Å². The lowest BCUT2D eigenvalue weighted by Gasteiger charge is -2.09. The third kappa shape index (κ3) is 2.08. The number of ether oxygens (including phenoxy) is 2. The Hall–Kier alpha value is -1.77. The molecule has 16 heavy (non-hydrogen) atoms. The normalized spacial score (nSPS) is 13.2. The maximum atomic E-state index is 11.0. The van der Waals surface area contributed by atoms with E-state index in [1.165, 1.54) is 5.57 Å². The Morgan fingerprint density at radius 2 is 1.62 bits per heavy atom. The van der Waals surface area contributed by atoms with Crippen LogP contribution in [0.15, 0.2) is 17.7 Å². The van der Waals surface area contributed by atoms with Crippen molar-refractivity contribution in [1.29, 1.82) is 0 Å². The zero-order chi connectivity index (χ0) is 11.5. The molecule has 3 nitrogen and oxygen atoms in total. The number of rotatable bonds is 4. The first-order valence-electron chi connectivity index (χ1n) is 5.19. The van der Waals surface area contributed by atoms with E-state index in [0.29, 0.717) is 17.1 Å². The average molecular weight is 218 g/mol. The molecule has 0 bridgehead atoms. The van der Waals surface area contributed by atoms with Crippen LogP contribution >= 0.6 is 0 Å². The van der Waals surface area contributed by atoms with Gasteiger partial charge in [0.25, 0.3) is 0 Å². The highest BCUT2D eigenvalue weighted by Crippen LogP contribution is 2.35. The molecule has 1 aliphatic rings. The molecular formula is C13H14O3. The molecule has 0 amide bonds. The summed E-state index contributed by atoms with van der Waals surface area (Å²) in [6.45, 7) is 0. The summed E-state index contributed by atoms with van der Waals surface area (Å²) in [5.41, 5.74) is 2.91. The van der Waals surface area contributed by atoms with Gasteiger partial charge in [-0.2, -0.15) is 0 Å². The van der Waals surface area contributed by atoms with Crippen molar-refractivity contribution in [2.24, 2.45) is 0 Å². The van der Waals surface area contributed by atoms with Crippen LogP contribution in [0, 0.1) is 0 Å². The van der Waals surface area contributed by atoms with Crippen LogP contribution in [0.2, 0.25) is 0 Å². The van der Waals surface area contributed by atoms with Gasteiger partial charge in [0.1, 0.15) is 0 Å². The first-order chi connectivity index (χ1) is 7.78. The highest BCUT2D eigenvalue weighted by atomic mass is 16.5. The number of benzene rings is 1. The molecule has 3 heteroatoms. The molecule has 0 aliphatic heterocycles. The Labute approximate surface area is 94.7 Å². The van der Waals surface area contributed by atoms with Gasteiger partial charge in [0, 0.05) is 5.56 Å². The molecule has 1 aromatic rings. The lowest BCUT2D eigenvalue weighted by Crippen LogP contribution is -1.95. The summed E-state index contributed by atoms with van der Waals surface area (Å²) in [4.78, 5) is 11.0. The van der Waals surface area contributed by atoms with Crippen LogP contribution < -0.4 is 9.47 Å². The Kier molecular flexibility index (Phi) is 2.95. The number of hydrogen-bond donors (Lipinski definition) is 0. The van der Waals surface area contributed by atoms with Crippen LogP contribution in [0.5, 0.6) is 11.5 Å². The molecule has 1 saturated carbocycles. The van der Waals surface area contributed by atoms with Crippen LogP contribution in [0.1, 0.15) is 28.8 Å². The van der Waals surface area contributed by atoms with E-state index >= 15 is 0 Å². The fraction of sp³-hybridized carbons (Fsp3) is 0.308. The van der Waals surface area contributed by atoms with Gasteiger partial charge in [-0.15, -0.1) is 0 Å². The highest BCUT2D eigenvalue weighted by Gasteiger charge is 2.14. The lowest BCUT2D eigenvalue weighted by molar-refractivity contribution is 0.112. The minimum absolute atomic E-state index is 0.586. The fourth-order valence-corrected chi connectivity index (χ4v) is 1.57. The zero-order valence-electron chi connectivity index (χ0n) is 9.45. The molecule has 0 heterocycles. The summed E-state index contributed by atoms with van der Waals surface area (Å²) in [5.74, 6) is 1.24. The second kappa shape index (κ2) is 4.39. The first-order valence-corrected chi connectivity index (χ1v) is 5.19. The van der Waals surface area contributed by atoms with Crippen molar-refractivity contribution >= 4 is 12.4 Å². The monoisotopic (exact) mass is 218 g/mol. The second-order valence-corrected chi connectivity index (χ2v) is 3.76.